The first-order valence-electron chi connectivity index (χ1n) is 4.23. The highest BCUT2D eigenvalue weighted by molar-refractivity contribution is 5.43. The third-order valence-electron chi connectivity index (χ3n) is 1.70. The van der Waals surface area contributed by atoms with Crippen molar-refractivity contribution in [1.82, 2.24) is 19.6 Å². The first kappa shape index (κ1) is 7.97. The molecule has 2 rings (SSSR count). The molecular formula is C8H11N5. The largest absolute Gasteiger partial charge is 0.354 e. The highest BCUT2D eigenvalue weighted by Gasteiger charge is 2.03. The minimum Gasteiger partial charge on any atom is -0.354 e. The van der Waals surface area contributed by atoms with Crippen LogP contribution < -0.4 is 5.32 Å². The van der Waals surface area contributed by atoms with Gasteiger partial charge in [0.05, 0.1) is 6.20 Å². The van der Waals surface area contributed by atoms with Crippen molar-refractivity contribution in [1.29, 1.82) is 0 Å². The first-order chi connectivity index (χ1) is 6.31. The van der Waals surface area contributed by atoms with Crippen molar-refractivity contribution in [3.8, 4) is 0 Å². The van der Waals surface area contributed by atoms with Crippen LogP contribution in [-0.2, 0) is 0 Å². The molecule has 1 N–H and O–H groups in total. The number of nitrogens with one attached hydrogen (secondary N) is 1. The van der Waals surface area contributed by atoms with Gasteiger partial charge in [-0.3, -0.25) is 0 Å². The zero-order valence-corrected chi connectivity index (χ0v) is 7.65. The van der Waals surface area contributed by atoms with Crippen LogP contribution in [0.2, 0.25) is 0 Å². The maximum atomic E-state index is 4.24. The van der Waals surface area contributed by atoms with Gasteiger partial charge in [0.25, 0.3) is 0 Å². The predicted molar refractivity (Wildman–Crippen MR) is 49.7 cm³/mol. The summed E-state index contributed by atoms with van der Waals surface area (Å²) < 4.78 is 1.69. The highest BCUT2D eigenvalue weighted by atomic mass is 15.3. The summed E-state index contributed by atoms with van der Waals surface area (Å²) >= 11 is 0. The Morgan fingerprint density at radius 2 is 2.31 bits per heavy atom. The van der Waals surface area contributed by atoms with Crippen LogP contribution in [-0.4, -0.2) is 26.1 Å². The summed E-state index contributed by atoms with van der Waals surface area (Å²) in [6.45, 7) is 4.71. The van der Waals surface area contributed by atoms with Crippen LogP contribution in [0, 0.1) is 6.92 Å². The van der Waals surface area contributed by atoms with E-state index in [1.54, 1.807) is 10.7 Å². The van der Waals surface area contributed by atoms with Gasteiger partial charge >= 0.3 is 0 Å². The molecule has 0 radical (unpaired) electrons. The zero-order chi connectivity index (χ0) is 9.26. The van der Waals surface area contributed by atoms with Crippen LogP contribution in [0.15, 0.2) is 12.3 Å². The van der Waals surface area contributed by atoms with Gasteiger partial charge in [-0.15, -0.1) is 0 Å². The number of aryl methyl sites for hydroxylation is 1. The van der Waals surface area contributed by atoms with Crippen molar-refractivity contribution >= 4 is 11.6 Å². The topological polar surface area (TPSA) is 55.1 Å². The summed E-state index contributed by atoms with van der Waals surface area (Å²) in [7, 11) is 0. The Morgan fingerprint density at radius 3 is 3.08 bits per heavy atom. The molecule has 13 heavy (non-hydrogen) atoms. The highest BCUT2D eigenvalue weighted by Crippen LogP contribution is 2.06. The molecule has 2 heterocycles. The minimum absolute atomic E-state index is 0.745. The Morgan fingerprint density at radius 1 is 1.46 bits per heavy atom. The monoisotopic (exact) mass is 177 g/mol. The molecule has 0 unspecified atom stereocenters. The molecule has 0 fully saturated rings. The molecular weight excluding hydrogens is 166 g/mol. The third kappa shape index (κ3) is 1.32. The lowest BCUT2D eigenvalue weighted by molar-refractivity contribution is 0.867. The lowest BCUT2D eigenvalue weighted by Crippen LogP contribution is -2.08. The van der Waals surface area contributed by atoms with Gasteiger partial charge < -0.3 is 5.32 Å². The number of anilines is 1. The molecule has 2 aromatic heterocycles. The molecule has 0 amide bonds. The molecule has 2 aromatic rings. The summed E-state index contributed by atoms with van der Waals surface area (Å²) in [4.78, 5) is 8.47. The van der Waals surface area contributed by atoms with E-state index in [0.29, 0.717) is 0 Å². The molecule has 0 spiro atoms. The lowest BCUT2D eigenvalue weighted by Gasteiger charge is -2.04. The second kappa shape index (κ2) is 3.01. The van der Waals surface area contributed by atoms with Gasteiger partial charge in [-0.05, 0) is 13.8 Å². The Labute approximate surface area is 75.8 Å². The van der Waals surface area contributed by atoms with Crippen LogP contribution >= 0.6 is 0 Å². The molecule has 0 aliphatic rings. The van der Waals surface area contributed by atoms with Crippen LogP contribution in [0.4, 0.5) is 5.95 Å². The Hall–Kier alpha value is -1.65. The Kier molecular flexibility index (Phi) is 1.84. The minimum atomic E-state index is 0.745. The fourth-order valence-corrected chi connectivity index (χ4v) is 1.21. The second-order valence-corrected chi connectivity index (χ2v) is 2.73. The maximum absolute atomic E-state index is 4.24. The van der Waals surface area contributed by atoms with E-state index in [-0.39, 0.29) is 0 Å². The Balaban J connectivity index is 2.63. The average Bonchev–Trinajstić information content (AvgIpc) is 2.52. The number of aromatic nitrogens is 4. The number of nitrogens with zero attached hydrogens (tertiary/aromatic N) is 4. The van der Waals surface area contributed by atoms with E-state index < -0.39 is 0 Å². The summed E-state index contributed by atoms with van der Waals surface area (Å²) in [6, 6.07) is 1.86. The zero-order valence-electron chi connectivity index (χ0n) is 7.65. The average molecular weight is 177 g/mol. The normalized spacial score (nSPS) is 10.6. The van der Waals surface area contributed by atoms with Crippen molar-refractivity contribution in [3.05, 3.63) is 18.1 Å². The fourth-order valence-electron chi connectivity index (χ4n) is 1.21. The van der Waals surface area contributed by atoms with Gasteiger partial charge in [-0.2, -0.15) is 14.6 Å². The van der Waals surface area contributed by atoms with E-state index in [2.05, 4.69) is 20.4 Å². The number of rotatable bonds is 2. The van der Waals surface area contributed by atoms with Crippen molar-refractivity contribution < 1.29 is 0 Å². The number of hydrogen-bond donors (Lipinski definition) is 1. The van der Waals surface area contributed by atoms with E-state index in [0.717, 1.165) is 24.0 Å². The van der Waals surface area contributed by atoms with Crippen LogP contribution in [0.1, 0.15) is 12.7 Å². The quantitative estimate of drug-likeness (QED) is 0.739. The number of hydrogen-bond acceptors (Lipinski definition) is 4. The van der Waals surface area contributed by atoms with Crippen LogP contribution in [0.5, 0.6) is 0 Å². The molecule has 0 saturated carbocycles. The van der Waals surface area contributed by atoms with E-state index in [9.17, 15) is 0 Å². The molecule has 68 valence electrons. The van der Waals surface area contributed by atoms with Gasteiger partial charge in [0.2, 0.25) is 5.95 Å². The molecule has 0 aliphatic heterocycles. The van der Waals surface area contributed by atoms with Gasteiger partial charge in [-0.25, -0.2) is 4.98 Å². The third-order valence-corrected chi connectivity index (χ3v) is 1.70. The van der Waals surface area contributed by atoms with Gasteiger partial charge in [0.1, 0.15) is 5.82 Å². The van der Waals surface area contributed by atoms with Crippen LogP contribution in [0.3, 0.4) is 0 Å². The molecule has 0 aromatic carbocycles. The van der Waals surface area contributed by atoms with Crippen molar-refractivity contribution in [2.75, 3.05) is 11.9 Å². The number of fused-ring (bicyclic) bond motifs is 1. The van der Waals surface area contributed by atoms with E-state index in [1.165, 1.54) is 0 Å². The second-order valence-electron chi connectivity index (χ2n) is 2.73. The molecule has 0 bridgehead atoms. The summed E-state index contributed by atoms with van der Waals surface area (Å²) in [5.41, 5.74) is 0.823. The van der Waals surface area contributed by atoms with Crippen molar-refractivity contribution in [2.24, 2.45) is 0 Å². The standard InChI is InChI=1S/C8H11N5/c1-3-9-8-12-6(2)11-7-4-5-10-13(7)8/h4-5H,3H2,1-2H3,(H,9,11,12). The molecule has 5 nitrogen and oxygen atoms in total. The summed E-state index contributed by atoms with van der Waals surface area (Å²) in [6.07, 6.45) is 1.71. The van der Waals surface area contributed by atoms with Crippen molar-refractivity contribution in [2.45, 2.75) is 13.8 Å². The summed E-state index contributed by atoms with van der Waals surface area (Å²) in [5, 5.41) is 7.23. The fraction of sp³-hybridized carbons (Fsp3) is 0.375. The maximum Gasteiger partial charge on any atom is 0.227 e. The van der Waals surface area contributed by atoms with E-state index >= 15 is 0 Å². The van der Waals surface area contributed by atoms with Gasteiger partial charge in [0.15, 0.2) is 5.65 Å². The van der Waals surface area contributed by atoms with Gasteiger partial charge in [-0.1, -0.05) is 0 Å². The van der Waals surface area contributed by atoms with Crippen LogP contribution in [0.25, 0.3) is 5.65 Å². The molecule has 5 heteroatoms. The van der Waals surface area contributed by atoms with E-state index in [4.69, 9.17) is 0 Å². The first-order valence-corrected chi connectivity index (χ1v) is 4.23. The van der Waals surface area contributed by atoms with Gasteiger partial charge in [0, 0.05) is 12.6 Å². The molecule has 0 saturated heterocycles. The smallest absolute Gasteiger partial charge is 0.227 e. The molecule has 0 atom stereocenters. The van der Waals surface area contributed by atoms with Crippen molar-refractivity contribution in [3.63, 3.8) is 0 Å². The summed E-state index contributed by atoms with van der Waals surface area (Å²) in [5.74, 6) is 1.50. The Bertz CT molecular complexity index is 419. The predicted octanol–water partition coefficient (Wildman–Crippen LogP) is 0.865. The van der Waals surface area contributed by atoms with E-state index in [1.807, 2.05) is 19.9 Å². The SMILES string of the molecule is CCNc1nc(C)nc2ccnn12. The molecule has 0 aliphatic carbocycles. The lowest BCUT2D eigenvalue weighted by atomic mass is 10.6.